The van der Waals surface area contributed by atoms with Crippen molar-refractivity contribution < 1.29 is 9.59 Å². The van der Waals surface area contributed by atoms with Gasteiger partial charge in [0.15, 0.2) is 0 Å². The van der Waals surface area contributed by atoms with Gasteiger partial charge in [-0.1, -0.05) is 55.8 Å². The quantitative estimate of drug-likeness (QED) is 0.401. The van der Waals surface area contributed by atoms with Crippen LogP contribution in [0.1, 0.15) is 31.7 Å². The van der Waals surface area contributed by atoms with Gasteiger partial charge in [-0.3, -0.25) is 24.3 Å². The number of para-hydroxylation sites is 2. The standard InChI is InChI=1S/C30H25ClN4O3/c1-16(2)15-22-24-25(28(38)34(27(24)37)18-13-11-17(31)12-14-18)30(33-22)20-8-4-6-10-23(20)35-26(36)19-7-3-5-9-21(19)32-29(30)35/h3-14,16,22,24-25,33H,15H2,1-2H3/t22?,24-,25+,30?/m0/s1. The van der Waals surface area contributed by atoms with E-state index >= 15 is 0 Å². The van der Waals surface area contributed by atoms with Crippen molar-refractivity contribution in [1.82, 2.24) is 14.9 Å². The molecule has 2 amide bonds. The van der Waals surface area contributed by atoms with Crippen molar-refractivity contribution in [3.8, 4) is 5.69 Å². The molecule has 3 aromatic carbocycles. The Kier molecular flexibility index (Phi) is 4.97. The second-order valence-corrected chi connectivity index (χ2v) is 11.2. The highest BCUT2D eigenvalue weighted by Gasteiger charge is 2.69. The van der Waals surface area contributed by atoms with E-state index in [1.165, 1.54) is 4.90 Å². The van der Waals surface area contributed by atoms with E-state index in [-0.39, 0.29) is 29.3 Å². The molecular formula is C30H25ClN4O3. The highest BCUT2D eigenvalue weighted by molar-refractivity contribution is 6.31. The van der Waals surface area contributed by atoms with Gasteiger partial charge in [-0.25, -0.2) is 9.88 Å². The van der Waals surface area contributed by atoms with Crippen LogP contribution in [0.2, 0.25) is 5.02 Å². The number of nitrogens with one attached hydrogen (secondary N) is 1. The first-order chi connectivity index (χ1) is 18.3. The molecule has 1 aromatic heterocycles. The van der Waals surface area contributed by atoms with Crippen molar-refractivity contribution in [2.45, 2.75) is 31.8 Å². The van der Waals surface area contributed by atoms with Gasteiger partial charge in [-0.15, -0.1) is 0 Å². The van der Waals surface area contributed by atoms with E-state index in [1.807, 2.05) is 42.5 Å². The van der Waals surface area contributed by atoms with Crippen LogP contribution in [-0.4, -0.2) is 27.4 Å². The number of halogens is 1. The number of fused-ring (bicyclic) bond motifs is 8. The van der Waals surface area contributed by atoms with E-state index in [4.69, 9.17) is 16.6 Å². The summed E-state index contributed by atoms with van der Waals surface area (Å²) in [5.41, 5.74) is 1.22. The van der Waals surface area contributed by atoms with Crippen LogP contribution in [0.15, 0.2) is 77.6 Å². The molecule has 4 atom stereocenters. The van der Waals surface area contributed by atoms with Gasteiger partial charge in [0.25, 0.3) is 5.56 Å². The Morgan fingerprint density at radius 3 is 2.42 bits per heavy atom. The molecular weight excluding hydrogens is 500 g/mol. The van der Waals surface area contributed by atoms with Gasteiger partial charge in [0, 0.05) is 16.6 Å². The minimum Gasteiger partial charge on any atom is -0.297 e. The van der Waals surface area contributed by atoms with E-state index in [0.717, 1.165) is 5.56 Å². The van der Waals surface area contributed by atoms with Crippen LogP contribution in [0.3, 0.4) is 0 Å². The average Bonchev–Trinajstić information content (AvgIpc) is 3.48. The Bertz CT molecular complexity index is 1710. The molecule has 190 valence electrons. The fraction of sp³-hybridized carbons (Fsp3) is 0.267. The number of benzene rings is 3. The van der Waals surface area contributed by atoms with Crippen LogP contribution in [-0.2, 0) is 15.1 Å². The summed E-state index contributed by atoms with van der Waals surface area (Å²) >= 11 is 6.10. The fourth-order valence-corrected chi connectivity index (χ4v) is 6.90. The summed E-state index contributed by atoms with van der Waals surface area (Å²) in [7, 11) is 0. The summed E-state index contributed by atoms with van der Waals surface area (Å²) in [4.78, 5) is 48.6. The summed E-state index contributed by atoms with van der Waals surface area (Å²) in [5, 5.41) is 4.77. The van der Waals surface area contributed by atoms with Crippen LogP contribution in [0, 0.1) is 17.8 Å². The lowest BCUT2D eigenvalue weighted by Gasteiger charge is -2.32. The van der Waals surface area contributed by atoms with Crippen LogP contribution in [0.5, 0.6) is 0 Å². The lowest BCUT2D eigenvalue weighted by Crippen LogP contribution is -2.50. The molecule has 4 aromatic rings. The number of anilines is 1. The monoisotopic (exact) mass is 524 g/mol. The molecule has 0 radical (unpaired) electrons. The Labute approximate surface area is 224 Å². The maximum Gasteiger partial charge on any atom is 0.266 e. The van der Waals surface area contributed by atoms with Crippen molar-refractivity contribution in [1.29, 1.82) is 0 Å². The zero-order valence-corrected chi connectivity index (χ0v) is 21.6. The van der Waals surface area contributed by atoms with E-state index in [0.29, 0.717) is 39.5 Å². The summed E-state index contributed by atoms with van der Waals surface area (Å²) < 4.78 is 1.63. The third-order valence-corrected chi connectivity index (χ3v) is 8.42. The minimum atomic E-state index is -1.13. The number of imide groups is 1. The van der Waals surface area contributed by atoms with Crippen molar-refractivity contribution in [3.63, 3.8) is 0 Å². The summed E-state index contributed by atoms with van der Waals surface area (Å²) in [6.45, 7) is 4.21. The number of amides is 2. The van der Waals surface area contributed by atoms with Gasteiger partial charge in [-0.05, 0) is 54.8 Å². The molecule has 38 heavy (non-hydrogen) atoms. The predicted octanol–water partition coefficient (Wildman–Crippen LogP) is 4.42. The molecule has 7 rings (SSSR count). The molecule has 7 nitrogen and oxygen atoms in total. The van der Waals surface area contributed by atoms with Crippen molar-refractivity contribution in [2.24, 2.45) is 17.8 Å². The van der Waals surface area contributed by atoms with Gasteiger partial charge in [0.2, 0.25) is 11.8 Å². The number of hydrogen-bond donors (Lipinski definition) is 1. The topological polar surface area (TPSA) is 84.3 Å². The smallest absolute Gasteiger partial charge is 0.266 e. The summed E-state index contributed by atoms with van der Waals surface area (Å²) in [6.07, 6.45) is 0.691. The molecule has 0 saturated carbocycles. The largest absolute Gasteiger partial charge is 0.297 e. The molecule has 2 fully saturated rings. The first-order valence-electron chi connectivity index (χ1n) is 12.9. The third-order valence-electron chi connectivity index (χ3n) is 8.17. The zero-order valence-electron chi connectivity index (χ0n) is 20.9. The third kappa shape index (κ3) is 2.94. The minimum absolute atomic E-state index is 0.188. The van der Waals surface area contributed by atoms with E-state index in [9.17, 15) is 14.4 Å². The molecule has 1 spiro atoms. The summed E-state index contributed by atoms with van der Waals surface area (Å²) in [6, 6.07) is 21.3. The Balaban J connectivity index is 1.52. The van der Waals surface area contributed by atoms with E-state index in [1.54, 1.807) is 34.9 Å². The van der Waals surface area contributed by atoms with Gasteiger partial charge in [0.1, 0.15) is 11.4 Å². The first-order valence-corrected chi connectivity index (χ1v) is 13.2. The molecule has 2 unspecified atom stereocenters. The highest BCUT2D eigenvalue weighted by atomic mass is 35.5. The Morgan fingerprint density at radius 1 is 0.947 bits per heavy atom. The maximum absolute atomic E-state index is 14.4. The molecule has 0 bridgehead atoms. The first kappa shape index (κ1) is 23.3. The number of carbonyl (C=O) groups is 2. The van der Waals surface area contributed by atoms with Gasteiger partial charge in [0.05, 0.1) is 34.1 Å². The van der Waals surface area contributed by atoms with Crippen molar-refractivity contribution >= 4 is 40.0 Å². The lowest BCUT2D eigenvalue weighted by atomic mass is 9.75. The van der Waals surface area contributed by atoms with Gasteiger partial charge >= 0.3 is 0 Å². The molecule has 2 saturated heterocycles. The predicted molar refractivity (Wildman–Crippen MR) is 145 cm³/mol. The molecule has 3 aliphatic rings. The molecule has 0 aliphatic carbocycles. The van der Waals surface area contributed by atoms with Crippen LogP contribution in [0.25, 0.3) is 16.6 Å². The van der Waals surface area contributed by atoms with Crippen LogP contribution >= 0.6 is 11.6 Å². The maximum atomic E-state index is 14.4. The second kappa shape index (κ2) is 8.09. The molecule has 3 aliphatic heterocycles. The Hall–Kier alpha value is -3.81. The van der Waals surface area contributed by atoms with E-state index < -0.39 is 17.4 Å². The highest BCUT2D eigenvalue weighted by Crippen LogP contribution is 2.56. The molecule has 8 heteroatoms. The summed E-state index contributed by atoms with van der Waals surface area (Å²) in [5.74, 6) is -1.17. The Morgan fingerprint density at radius 2 is 1.66 bits per heavy atom. The lowest BCUT2D eigenvalue weighted by molar-refractivity contribution is -0.123. The van der Waals surface area contributed by atoms with Gasteiger partial charge in [-0.2, -0.15) is 0 Å². The number of hydrogen-bond acceptors (Lipinski definition) is 5. The zero-order chi connectivity index (χ0) is 26.3. The van der Waals surface area contributed by atoms with Crippen molar-refractivity contribution in [2.75, 3.05) is 4.90 Å². The number of rotatable bonds is 3. The van der Waals surface area contributed by atoms with Crippen LogP contribution in [0.4, 0.5) is 5.69 Å². The second-order valence-electron chi connectivity index (χ2n) is 10.8. The normalized spacial score (nSPS) is 25.5. The average molecular weight is 525 g/mol. The van der Waals surface area contributed by atoms with Crippen LogP contribution < -0.4 is 15.8 Å². The number of carbonyl (C=O) groups excluding carboxylic acids is 2. The SMILES string of the molecule is CC(C)CC1NC2(c3ccccc3-n3c2nc2ccccc2c3=O)[C@H]2C(=O)N(c3ccc(Cl)cc3)C(=O)[C@@H]12. The van der Waals surface area contributed by atoms with Gasteiger partial charge < -0.3 is 0 Å². The molecule has 4 heterocycles. The van der Waals surface area contributed by atoms with Crippen molar-refractivity contribution in [3.05, 3.63) is 99.6 Å². The fourth-order valence-electron chi connectivity index (χ4n) is 6.77. The number of aromatic nitrogens is 2. The van der Waals surface area contributed by atoms with E-state index in [2.05, 4.69) is 19.2 Å². The number of nitrogens with zero attached hydrogens (tertiary/aromatic N) is 3. The molecule has 1 N–H and O–H groups in total.